The van der Waals surface area contributed by atoms with Crippen LogP contribution in [0.4, 0.5) is 10.5 Å². The smallest absolute Gasteiger partial charge is 0.410 e. The van der Waals surface area contributed by atoms with Gasteiger partial charge < -0.3 is 20.1 Å². The third-order valence-electron chi connectivity index (χ3n) is 4.54. The lowest BCUT2D eigenvalue weighted by Gasteiger charge is -2.35. The highest BCUT2D eigenvalue weighted by molar-refractivity contribution is 5.93. The van der Waals surface area contributed by atoms with Crippen molar-refractivity contribution in [3.63, 3.8) is 0 Å². The molecule has 2 N–H and O–H groups in total. The van der Waals surface area contributed by atoms with Crippen molar-refractivity contribution in [2.45, 2.75) is 45.6 Å². The number of carbonyl (C=O) groups is 3. The van der Waals surface area contributed by atoms with Crippen molar-refractivity contribution in [1.29, 1.82) is 0 Å². The number of likely N-dealkylation sites (tertiary alicyclic amines) is 1. The van der Waals surface area contributed by atoms with Crippen molar-refractivity contribution in [3.8, 4) is 0 Å². The molecule has 0 aliphatic carbocycles. The predicted molar refractivity (Wildman–Crippen MR) is 101 cm³/mol. The summed E-state index contributed by atoms with van der Waals surface area (Å²) in [4.78, 5) is 37.7. The molecule has 2 rings (SSSR count). The molecule has 148 valence electrons. The molecule has 1 aromatic rings. The van der Waals surface area contributed by atoms with Crippen molar-refractivity contribution < 1.29 is 24.2 Å². The zero-order valence-corrected chi connectivity index (χ0v) is 16.1. The monoisotopic (exact) mass is 376 g/mol. The summed E-state index contributed by atoms with van der Waals surface area (Å²) < 4.78 is 5.36. The Hall–Kier alpha value is -2.57. The highest BCUT2D eigenvalue weighted by atomic mass is 16.6. The number of hydrogen-bond donors (Lipinski definition) is 2. The minimum Gasteiger partial charge on any atom is -0.481 e. The predicted octanol–water partition coefficient (Wildman–Crippen LogP) is 3.36. The maximum absolute atomic E-state index is 12.2. The van der Waals surface area contributed by atoms with Gasteiger partial charge in [0.15, 0.2) is 0 Å². The Kier molecular flexibility index (Phi) is 6.82. The molecule has 1 aromatic carbocycles. The van der Waals surface area contributed by atoms with E-state index in [2.05, 4.69) is 5.32 Å². The van der Waals surface area contributed by atoms with Gasteiger partial charge in [-0.05, 0) is 51.7 Å². The van der Waals surface area contributed by atoms with Gasteiger partial charge in [-0.2, -0.15) is 0 Å². The second kappa shape index (κ2) is 8.88. The van der Waals surface area contributed by atoms with Gasteiger partial charge in [-0.15, -0.1) is 0 Å². The van der Waals surface area contributed by atoms with Gasteiger partial charge in [0, 0.05) is 25.2 Å². The van der Waals surface area contributed by atoms with E-state index < -0.39 is 17.5 Å². The van der Waals surface area contributed by atoms with Gasteiger partial charge in [0.1, 0.15) is 5.60 Å². The van der Waals surface area contributed by atoms with Crippen LogP contribution in [0.2, 0.25) is 0 Å². The molecule has 0 bridgehead atoms. The van der Waals surface area contributed by atoms with Crippen molar-refractivity contribution >= 4 is 23.7 Å². The summed E-state index contributed by atoms with van der Waals surface area (Å²) in [7, 11) is 0. The van der Waals surface area contributed by atoms with Crippen LogP contribution in [-0.4, -0.2) is 46.7 Å². The molecule has 7 heteroatoms. The number of rotatable bonds is 5. The van der Waals surface area contributed by atoms with E-state index in [0.29, 0.717) is 31.6 Å². The van der Waals surface area contributed by atoms with E-state index in [0.717, 1.165) is 0 Å². The van der Waals surface area contributed by atoms with Gasteiger partial charge in [-0.3, -0.25) is 9.59 Å². The molecule has 2 amide bonds. The molecule has 0 spiro atoms. The number of benzene rings is 1. The molecule has 1 aliphatic heterocycles. The van der Waals surface area contributed by atoms with Gasteiger partial charge in [-0.25, -0.2) is 4.79 Å². The average molecular weight is 376 g/mol. The first kappa shape index (κ1) is 20.7. The number of amides is 2. The third-order valence-corrected chi connectivity index (χ3v) is 4.54. The summed E-state index contributed by atoms with van der Waals surface area (Å²) in [6.07, 6.45) is 0.611. The fraction of sp³-hybridized carbons (Fsp3) is 0.550. The largest absolute Gasteiger partial charge is 0.481 e. The van der Waals surface area contributed by atoms with E-state index in [9.17, 15) is 19.5 Å². The number of para-hydroxylation sites is 1. The number of carboxylic acids is 1. The first-order valence-corrected chi connectivity index (χ1v) is 9.21. The molecule has 0 saturated carbocycles. The number of hydrogen-bond acceptors (Lipinski definition) is 4. The van der Waals surface area contributed by atoms with E-state index in [-0.39, 0.29) is 24.3 Å². The maximum atomic E-state index is 12.2. The normalized spacial score (nSPS) is 16.5. The zero-order chi connectivity index (χ0) is 20.0. The van der Waals surface area contributed by atoms with Crippen molar-refractivity contribution in [3.05, 3.63) is 30.3 Å². The Bertz CT molecular complexity index is 661. The van der Waals surface area contributed by atoms with Gasteiger partial charge in [0.05, 0.1) is 5.92 Å². The fourth-order valence-corrected chi connectivity index (χ4v) is 3.20. The molecule has 27 heavy (non-hydrogen) atoms. The first-order chi connectivity index (χ1) is 12.7. The maximum Gasteiger partial charge on any atom is 0.410 e. The topological polar surface area (TPSA) is 95.9 Å². The van der Waals surface area contributed by atoms with Crippen molar-refractivity contribution in [2.75, 3.05) is 18.4 Å². The van der Waals surface area contributed by atoms with E-state index in [1.54, 1.807) is 29.2 Å². The molecule has 1 aliphatic rings. The lowest BCUT2D eigenvalue weighted by molar-refractivity contribution is -0.146. The van der Waals surface area contributed by atoms with Crippen LogP contribution in [0.5, 0.6) is 0 Å². The van der Waals surface area contributed by atoms with Gasteiger partial charge in [-0.1, -0.05) is 18.2 Å². The summed E-state index contributed by atoms with van der Waals surface area (Å²) >= 11 is 0. The standard InChI is InChI=1S/C20H28N2O5/c1-20(2,3)27-19(26)22-11-9-14(10-12-22)16(18(24)25)13-17(23)21-15-7-5-4-6-8-15/h4-8,14,16H,9-13H2,1-3H3,(H,21,23)(H,24,25). The van der Waals surface area contributed by atoms with Gasteiger partial charge in [0.2, 0.25) is 5.91 Å². The van der Waals surface area contributed by atoms with Crippen LogP contribution in [0, 0.1) is 11.8 Å². The molecular formula is C20H28N2O5. The van der Waals surface area contributed by atoms with Crippen LogP contribution in [0.3, 0.4) is 0 Å². The van der Waals surface area contributed by atoms with Crippen LogP contribution in [0.1, 0.15) is 40.0 Å². The van der Waals surface area contributed by atoms with Crippen LogP contribution in [0.15, 0.2) is 30.3 Å². The quantitative estimate of drug-likeness (QED) is 0.821. The average Bonchev–Trinajstić information content (AvgIpc) is 2.59. The molecule has 0 radical (unpaired) electrons. The number of piperidine rings is 1. The van der Waals surface area contributed by atoms with Crippen LogP contribution < -0.4 is 5.32 Å². The summed E-state index contributed by atoms with van der Waals surface area (Å²) in [5.74, 6) is -2.21. The van der Waals surface area contributed by atoms with Crippen LogP contribution >= 0.6 is 0 Å². The summed E-state index contributed by atoms with van der Waals surface area (Å²) in [6.45, 7) is 6.30. The van der Waals surface area contributed by atoms with Crippen LogP contribution in [0.25, 0.3) is 0 Å². The van der Waals surface area contributed by atoms with E-state index >= 15 is 0 Å². The Morgan fingerprint density at radius 2 is 1.78 bits per heavy atom. The highest BCUT2D eigenvalue weighted by Crippen LogP contribution is 2.29. The molecule has 1 unspecified atom stereocenters. The second-order valence-corrected chi connectivity index (χ2v) is 7.87. The molecule has 0 aromatic heterocycles. The Balaban J connectivity index is 1.89. The lowest BCUT2D eigenvalue weighted by Crippen LogP contribution is -2.44. The fourth-order valence-electron chi connectivity index (χ4n) is 3.20. The molecule has 1 heterocycles. The second-order valence-electron chi connectivity index (χ2n) is 7.87. The summed E-state index contributed by atoms with van der Waals surface area (Å²) in [6, 6.07) is 8.96. The van der Waals surface area contributed by atoms with Crippen molar-refractivity contribution in [1.82, 2.24) is 4.90 Å². The van der Waals surface area contributed by atoms with E-state index in [4.69, 9.17) is 4.74 Å². The molecule has 1 saturated heterocycles. The lowest BCUT2D eigenvalue weighted by atomic mass is 9.82. The third kappa shape index (κ3) is 6.58. The van der Waals surface area contributed by atoms with E-state index in [1.165, 1.54) is 0 Å². The number of ether oxygens (including phenoxy) is 1. The number of nitrogens with zero attached hydrogens (tertiary/aromatic N) is 1. The molecule has 1 fully saturated rings. The van der Waals surface area contributed by atoms with Gasteiger partial charge in [0.25, 0.3) is 0 Å². The summed E-state index contributed by atoms with van der Waals surface area (Å²) in [5.41, 5.74) is 0.0824. The van der Waals surface area contributed by atoms with Gasteiger partial charge >= 0.3 is 12.1 Å². The number of anilines is 1. The highest BCUT2D eigenvalue weighted by Gasteiger charge is 2.35. The number of nitrogens with one attached hydrogen (secondary N) is 1. The SMILES string of the molecule is CC(C)(C)OC(=O)N1CCC(C(CC(=O)Nc2ccccc2)C(=O)O)CC1. The number of aliphatic carboxylic acids is 1. The minimum atomic E-state index is -0.978. The molecule has 1 atom stereocenters. The molecule has 7 nitrogen and oxygen atoms in total. The number of carboxylic acid groups (broad SMARTS) is 1. The Morgan fingerprint density at radius 3 is 2.30 bits per heavy atom. The van der Waals surface area contributed by atoms with Crippen molar-refractivity contribution in [2.24, 2.45) is 11.8 Å². The Morgan fingerprint density at radius 1 is 1.19 bits per heavy atom. The minimum absolute atomic E-state index is 0.0820. The van der Waals surface area contributed by atoms with E-state index in [1.807, 2.05) is 26.8 Å². The molecular weight excluding hydrogens is 348 g/mol. The zero-order valence-electron chi connectivity index (χ0n) is 16.1. The Labute approximate surface area is 159 Å². The first-order valence-electron chi connectivity index (χ1n) is 9.21. The number of carbonyl (C=O) groups excluding carboxylic acids is 2. The van der Waals surface area contributed by atoms with Crippen LogP contribution in [-0.2, 0) is 14.3 Å². The summed E-state index contributed by atoms with van der Waals surface area (Å²) in [5, 5.41) is 12.3.